The van der Waals surface area contributed by atoms with Gasteiger partial charge in [-0.05, 0) is 49.6 Å². The van der Waals surface area contributed by atoms with Gasteiger partial charge in [0.2, 0.25) is 0 Å². The molecule has 2 atom stereocenters. The zero-order valence-corrected chi connectivity index (χ0v) is 12.0. The minimum Gasteiger partial charge on any atom is -0.381 e. The van der Waals surface area contributed by atoms with Crippen molar-refractivity contribution in [2.45, 2.75) is 32.7 Å². The van der Waals surface area contributed by atoms with Gasteiger partial charge in [0.05, 0.1) is 6.61 Å². The van der Waals surface area contributed by atoms with Crippen LogP contribution >= 0.6 is 11.6 Å². The van der Waals surface area contributed by atoms with Crippen molar-refractivity contribution in [3.8, 4) is 0 Å². The van der Waals surface area contributed by atoms with E-state index < -0.39 is 0 Å². The molecule has 3 heteroatoms. The van der Waals surface area contributed by atoms with Crippen molar-refractivity contribution < 1.29 is 4.74 Å². The standard InChI is InChI=1S/C15H22ClNO/c1-3-17-15(12-5-4-6-18-10-12)13-7-11(2)8-14(16)9-13/h7-9,12,15,17H,3-6,10H2,1-2H3. The van der Waals surface area contributed by atoms with E-state index in [9.17, 15) is 0 Å². The van der Waals surface area contributed by atoms with E-state index >= 15 is 0 Å². The Hall–Kier alpha value is -0.570. The molecular weight excluding hydrogens is 246 g/mol. The summed E-state index contributed by atoms with van der Waals surface area (Å²) < 4.78 is 5.62. The molecule has 2 nitrogen and oxygen atoms in total. The summed E-state index contributed by atoms with van der Waals surface area (Å²) in [5.74, 6) is 0.552. The van der Waals surface area contributed by atoms with Crippen LogP contribution in [-0.4, -0.2) is 19.8 Å². The molecule has 0 aromatic heterocycles. The number of hydrogen-bond acceptors (Lipinski definition) is 2. The van der Waals surface area contributed by atoms with Crippen molar-refractivity contribution >= 4 is 11.6 Å². The highest BCUT2D eigenvalue weighted by molar-refractivity contribution is 6.30. The van der Waals surface area contributed by atoms with Crippen LogP contribution in [0.3, 0.4) is 0 Å². The van der Waals surface area contributed by atoms with Crippen molar-refractivity contribution in [1.82, 2.24) is 5.32 Å². The molecule has 2 unspecified atom stereocenters. The summed E-state index contributed by atoms with van der Waals surface area (Å²) in [5.41, 5.74) is 2.51. The zero-order valence-electron chi connectivity index (χ0n) is 11.2. The third-order valence-electron chi connectivity index (χ3n) is 3.51. The van der Waals surface area contributed by atoms with Gasteiger partial charge in [-0.15, -0.1) is 0 Å². The number of nitrogens with one attached hydrogen (secondary N) is 1. The Balaban J connectivity index is 2.22. The van der Waals surface area contributed by atoms with Gasteiger partial charge in [-0.2, -0.15) is 0 Å². The molecule has 1 aliphatic heterocycles. The van der Waals surface area contributed by atoms with Gasteiger partial charge < -0.3 is 10.1 Å². The Bertz CT molecular complexity index is 368. The second kappa shape index (κ2) is 6.55. The Kier molecular flexibility index (Phi) is 5.04. The van der Waals surface area contributed by atoms with Gasteiger partial charge in [0.1, 0.15) is 0 Å². The van der Waals surface area contributed by atoms with Crippen LogP contribution < -0.4 is 5.32 Å². The maximum absolute atomic E-state index is 6.17. The third-order valence-corrected chi connectivity index (χ3v) is 3.73. The summed E-state index contributed by atoms with van der Waals surface area (Å²) in [7, 11) is 0. The van der Waals surface area contributed by atoms with Crippen LogP contribution in [0.4, 0.5) is 0 Å². The zero-order chi connectivity index (χ0) is 13.0. The van der Waals surface area contributed by atoms with E-state index in [-0.39, 0.29) is 0 Å². The molecule has 0 aliphatic carbocycles. The van der Waals surface area contributed by atoms with Crippen LogP contribution in [0.25, 0.3) is 0 Å². The fraction of sp³-hybridized carbons (Fsp3) is 0.600. The first-order valence-electron chi connectivity index (χ1n) is 6.79. The van der Waals surface area contributed by atoms with Crippen LogP contribution in [0.1, 0.15) is 36.9 Å². The molecule has 1 saturated heterocycles. The quantitative estimate of drug-likeness (QED) is 0.898. The molecule has 1 aromatic carbocycles. The fourth-order valence-corrected chi connectivity index (χ4v) is 3.05. The highest BCUT2D eigenvalue weighted by Gasteiger charge is 2.25. The van der Waals surface area contributed by atoms with Crippen LogP contribution in [0, 0.1) is 12.8 Å². The molecule has 0 amide bonds. The van der Waals surface area contributed by atoms with Gasteiger partial charge >= 0.3 is 0 Å². The van der Waals surface area contributed by atoms with E-state index in [4.69, 9.17) is 16.3 Å². The summed E-state index contributed by atoms with van der Waals surface area (Å²) in [6, 6.07) is 6.67. The number of aryl methyl sites for hydroxylation is 1. The Labute approximate surface area is 115 Å². The number of ether oxygens (including phenoxy) is 1. The SMILES string of the molecule is CCNC(c1cc(C)cc(Cl)c1)C1CCCOC1. The molecule has 0 radical (unpaired) electrons. The smallest absolute Gasteiger partial charge is 0.0512 e. The first kappa shape index (κ1) is 13.9. The van der Waals surface area contributed by atoms with Crippen LogP contribution in [0.2, 0.25) is 5.02 Å². The van der Waals surface area contributed by atoms with E-state index in [0.717, 1.165) is 31.2 Å². The van der Waals surface area contributed by atoms with Gasteiger partial charge in [-0.25, -0.2) is 0 Å². The molecule has 0 spiro atoms. The van der Waals surface area contributed by atoms with Gasteiger partial charge in [-0.1, -0.05) is 24.6 Å². The second-order valence-electron chi connectivity index (χ2n) is 5.07. The van der Waals surface area contributed by atoms with Gasteiger partial charge in [0, 0.05) is 23.6 Å². The van der Waals surface area contributed by atoms with Crippen molar-refractivity contribution in [3.63, 3.8) is 0 Å². The summed E-state index contributed by atoms with van der Waals surface area (Å²) in [6.45, 7) is 6.96. The first-order valence-corrected chi connectivity index (χ1v) is 7.16. The maximum Gasteiger partial charge on any atom is 0.0512 e. The lowest BCUT2D eigenvalue weighted by Crippen LogP contribution is -2.33. The highest BCUT2D eigenvalue weighted by atomic mass is 35.5. The average Bonchev–Trinajstić information content (AvgIpc) is 2.36. The van der Waals surface area contributed by atoms with Gasteiger partial charge in [0.15, 0.2) is 0 Å². The lowest BCUT2D eigenvalue weighted by atomic mass is 9.88. The lowest BCUT2D eigenvalue weighted by Gasteiger charge is -2.31. The van der Waals surface area contributed by atoms with Crippen molar-refractivity contribution in [2.75, 3.05) is 19.8 Å². The molecule has 100 valence electrons. The van der Waals surface area contributed by atoms with E-state index in [2.05, 4.69) is 31.3 Å². The Morgan fingerprint density at radius 3 is 2.89 bits per heavy atom. The molecule has 0 bridgehead atoms. The predicted molar refractivity (Wildman–Crippen MR) is 76.1 cm³/mol. The minimum absolute atomic E-state index is 0.354. The molecular formula is C15H22ClNO. The fourth-order valence-electron chi connectivity index (χ4n) is 2.75. The number of halogens is 1. The van der Waals surface area contributed by atoms with Crippen LogP contribution in [0.15, 0.2) is 18.2 Å². The molecule has 1 aromatic rings. The topological polar surface area (TPSA) is 21.3 Å². The van der Waals surface area contributed by atoms with Crippen molar-refractivity contribution in [1.29, 1.82) is 0 Å². The van der Waals surface area contributed by atoms with Crippen molar-refractivity contribution in [3.05, 3.63) is 34.3 Å². The van der Waals surface area contributed by atoms with Gasteiger partial charge in [-0.3, -0.25) is 0 Å². The number of benzene rings is 1. The number of hydrogen-bond donors (Lipinski definition) is 1. The summed E-state index contributed by atoms with van der Waals surface area (Å²) in [5, 5.41) is 4.41. The Morgan fingerprint density at radius 2 is 2.28 bits per heavy atom. The molecule has 2 rings (SSSR count). The average molecular weight is 268 g/mol. The van der Waals surface area contributed by atoms with E-state index in [1.54, 1.807) is 0 Å². The molecule has 1 N–H and O–H groups in total. The van der Waals surface area contributed by atoms with Crippen LogP contribution in [0.5, 0.6) is 0 Å². The minimum atomic E-state index is 0.354. The number of rotatable bonds is 4. The van der Waals surface area contributed by atoms with Crippen molar-refractivity contribution in [2.24, 2.45) is 5.92 Å². The summed E-state index contributed by atoms with van der Waals surface area (Å²) in [4.78, 5) is 0. The van der Waals surface area contributed by atoms with Gasteiger partial charge in [0.25, 0.3) is 0 Å². The molecule has 1 heterocycles. The third kappa shape index (κ3) is 3.47. The normalized spacial score (nSPS) is 21.8. The molecule has 18 heavy (non-hydrogen) atoms. The highest BCUT2D eigenvalue weighted by Crippen LogP contribution is 2.30. The monoisotopic (exact) mass is 267 g/mol. The predicted octanol–water partition coefficient (Wildman–Crippen LogP) is 3.73. The summed E-state index contributed by atoms with van der Waals surface area (Å²) >= 11 is 6.17. The summed E-state index contributed by atoms with van der Waals surface area (Å²) in [6.07, 6.45) is 2.38. The molecule has 0 saturated carbocycles. The van der Waals surface area contributed by atoms with E-state index in [1.807, 2.05) is 6.07 Å². The van der Waals surface area contributed by atoms with E-state index in [1.165, 1.54) is 17.5 Å². The van der Waals surface area contributed by atoms with Crippen LogP contribution in [-0.2, 0) is 4.74 Å². The first-order chi connectivity index (χ1) is 8.70. The molecule has 1 aliphatic rings. The van der Waals surface area contributed by atoms with E-state index in [0.29, 0.717) is 12.0 Å². The maximum atomic E-state index is 6.17. The second-order valence-corrected chi connectivity index (χ2v) is 5.51. The lowest BCUT2D eigenvalue weighted by molar-refractivity contribution is 0.0393. The largest absolute Gasteiger partial charge is 0.381 e. The molecule has 1 fully saturated rings. The Morgan fingerprint density at radius 1 is 1.44 bits per heavy atom.